The Kier molecular flexibility index (Phi) is 2.99. The largest absolute Gasteiger partial charge is 0.393 e. The standard InChI is InChI=1S/C12H16N4O/c1-8(2)7-10-11(13)12(17)16(15-10)9-3-5-14-6-4-9/h3-6,8,15H,7,13H2,1-2H3. The van der Waals surface area contributed by atoms with Crippen molar-refractivity contribution >= 4 is 5.69 Å². The zero-order valence-electron chi connectivity index (χ0n) is 9.97. The molecular formula is C12H16N4O. The number of anilines is 1. The number of nitrogens with one attached hydrogen (secondary N) is 1. The molecule has 17 heavy (non-hydrogen) atoms. The predicted octanol–water partition coefficient (Wildman–Crippen LogP) is 1.34. The summed E-state index contributed by atoms with van der Waals surface area (Å²) < 4.78 is 1.45. The SMILES string of the molecule is CC(C)Cc1[nH]n(-c2ccncc2)c(=O)c1N. The van der Waals surface area contributed by atoms with Gasteiger partial charge in [0.1, 0.15) is 5.69 Å². The third kappa shape index (κ3) is 2.22. The van der Waals surface area contributed by atoms with Crippen molar-refractivity contribution in [3.63, 3.8) is 0 Å². The molecule has 2 aromatic heterocycles. The number of nitrogens with two attached hydrogens (primary N) is 1. The highest BCUT2D eigenvalue weighted by molar-refractivity contribution is 5.44. The van der Waals surface area contributed by atoms with E-state index in [-0.39, 0.29) is 5.56 Å². The van der Waals surface area contributed by atoms with Crippen LogP contribution in [0.1, 0.15) is 19.5 Å². The van der Waals surface area contributed by atoms with Crippen LogP contribution in [0.5, 0.6) is 0 Å². The summed E-state index contributed by atoms with van der Waals surface area (Å²) in [6.45, 7) is 4.17. The Balaban J connectivity index is 2.47. The van der Waals surface area contributed by atoms with Crippen LogP contribution in [0, 0.1) is 5.92 Å². The van der Waals surface area contributed by atoms with E-state index >= 15 is 0 Å². The average Bonchev–Trinajstić information content (AvgIpc) is 2.58. The second-order valence-electron chi connectivity index (χ2n) is 4.45. The molecule has 2 aromatic rings. The molecule has 0 bridgehead atoms. The molecule has 0 aliphatic heterocycles. The summed E-state index contributed by atoms with van der Waals surface area (Å²) in [5, 5.41) is 3.05. The smallest absolute Gasteiger partial charge is 0.294 e. The van der Waals surface area contributed by atoms with Gasteiger partial charge in [0.25, 0.3) is 5.56 Å². The number of aromatic amines is 1. The Hall–Kier alpha value is -2.04. The molecule has 0 aromatic carbocycles. The Bertz CT molecular complexity index is 554. The van der Waals surface area contributed by atoms with Crippen molar-refractivity contribution in [2.24, 2.45) is 5.92 Å². The topological polar surface area (TPSA) is 76.7 Å². The summed E-state index contributed by atoms with van der Waals surface area (Å²) in [7, 11) is 0. The van der Waals surface area contributed by atoms with Gasteiger partial charge in [-0.3, -0.25) is 14.9 Å². The predicted molar refractivity (Wildman–Crippen MR) is 67.1 cm³/mol. The third-order valence-electron chi connectivity index (χ3n) is 2.54. The van der Waals surface area contributed by atoms with Crippen LogP contribution in [-0.2, 0) is 6.42 Å². The van der Waals surface area contributed by atoms with Crippen molar-refractivity contribution in [2.75, 3.05) is 5.73 Å². The van der Waals surface area contributed by atoms with E-state index in [9.17, 15) is 4.79 Å². The van der Waals surface area contributed by atoms with Gasteiger partial charge in [-0.25, -0.2) is 4.68 Å². The van der Waals surface area contributed by atoms with Crippen molar-refractivity contribution < 1.29 is 0 Å². The molecule has 0 fully saturated rings. The zero-order chi connectivity index (χ0) is 12.4. The Labute approximate surface area is 99.3 Å². The molecule has 0 radical (unpaired) electrons. The van der Waals surface area contributed by atoms with Gasteiger partial charge < -0.3 is 5.73 Å². The molecule has 5 nitrogen and oxygen atoms in total. The lowest BCUT2D eigenvalue weighted by atomic mass is 10.1. The van der Waals surface area contributed by atoms with Gasteiger partial charge in [-0.05, 0) is 24.5 Å². The summed E-state index contributed by atoms with van der Waals surface area (Å²) in [5.74, 6) is 0.446. The summed E-state index contributed by atoms with van der Waals surface area (Å²) in [4.78, 5) is 15.9. The summed E-state index contributed by atoms with van der Waals surface area (Å²) in [5.41, 5.74) is 7.44. The van der Waals surface area contributed by atoms with Crippen molar-refractivity contribution in [2.45, 2.75) is 20.3 Å². The minimum absolute atomic E-state index is 0.202. The van der Waals surface area contributed by atoms with Crippen molar-refractivity contribution in [1.82, 2.24) is 14.8 Å². The number of aromatic nitrogens is 3. The van der Waals surface area contributed by atoms with Crippen LogP contribution in [0.3, 0.4) is 0 Å². The van der Waals surface area contributed by atoms with E-state index in [0.29, 0.717) is 11.6 Å². The van der Waals surface area contributed by atoms with Crippen molar-refractivity contribution in [1.29, 1.82) is 0 Å². The highest BCUT2D eigenvalue weighted by Gasteiger charge is 2.12. The van der Waals surface area contributed by atoms with E-state index in [4.69, 9.17) is 5.73 Å². The normalized spacial score (nSPS) is 11.0. The molecular weight excluding hydrogens is 216 g/mol. The lowest BCUT2D eigenvalue weighted by Gasteiger charge is -2.03. The molecule has 3 N–H and O–H groups in total. The van der Waals surface area contributed by atoms with Gasteiger partial charge in [0.05, 0.1) is 11.4 Å². The Morgan fingerprint density at radius 1 is 1.41 bits per heavy atom. The van der Waals surface area contributed by atoms with Gasteiger partial charge in [0, 0.05) is 12.4 Å². The van der Waals surface area contributed by atoms with E-state index < -0.39 is 0 Å². The molecule has 0 aliphatic carbocycles. The highest BCUT2D eigenvalue weighted by Crippen LogP contribution is 2.12. The highest BCUT2D eigenvalue weighted by atomic mass is 16.1. The van der Waals surface area contributed by atoms with Gasteiger partial charge in [-0.2, -0.15) is 0 Å². The maximum absolute atomic E-state index is 12.0. The molecule has 90 valence electrons. The molecule has 0 aliphatic rings. The van der Waals surface area contributed by atoms with Crippen molar-refractivity contribution in [3.05, 3.63) is 40.6 Å². The fraction of sp³-hybridized carbons (Fsp3) is 0.333. The maximum atomic E-state index is 12.0. The Morgan fingerprint density at radius 3 is 2.65 bits per heavy atom. The van der Waals surface area contributed by atoms with Crippen LogP contribution in [0.2, 0.25) is 0 Å². The molecule has 0 spiro atoms. The van der Waals surface area contributed by atoms with Gasteiger partial charge in [-0.1, -0.05) is 13.8 Å². The lowest BCUT2D eigenvalue weighted by Crippen LogP contribution is -2.16. The van der Waals surface area contributed by atoms with E-state index in [1.807, 2.05) is 0 Å². The number of nitrogen functional groups attached to an aromatic ring is 1. The van der Waals surface area contributed by atoms with Crippen LogP contribution in [0.25, 0.3) is 5.69 Å². The van der Waals surface area contributed by atoms with Gasteiger partial charge in [-0.15, -0.1) is 0 Å². The third-order valence-corrected chi connectivity index (χ3v) is 2.54. The molecule has 0 saturated carbocycles. The first kappa shape index (κ1) is 11.4. The number of pyridine rings is 1. The van der Waals surface area contributed by atoms with E-state index in [2.05, 4.69) is 23.9 Å². The molecule has 0 atom stereocenters. The Morgan fingerprint density at radius 2 is 2.06 bits per heavy atom. The molecule has 2 rings (SSSR count). The summed E-state index contributed by atoms with van der Waals surface area (Å²) >= 11 is 0. The lowest BCUT2D eigenvalue weighted by molar-refractivity contribution is 0.628. The second-order valence-corrected chi connectivity index (χ2v) is 4.45. The van der Waals surface area contributed by atoms with Crippen LogP contribution in [0.15, 0.2) is 29.3 Å². The minimum atomic E-state index is -0.202. The van der Waals surface area contributed by atoms with Crippen LogP contribution in [0.4, 0.5) is 5.69 Å². The van der Waals surface area contributed by atoms with E-state index in [0.717, 1.165) is 17.8 Å². The first-order valence-corrected chi connectivity index (χ1v) is 5.59. The average molecular weight is 232 g/mol. The summed E-state index contributed by atoms with van der Waals surface area (Å²) in [6, 6.07) is 3.52. The van der Waals surface area contributed by atoms with E-state index in [1.54, 1.807) is 24.5 Å². The fourth-order valence-corrected chi connectivity index (χ4v) is 1.73. The molecule has 0 amide bonds. The number of H-pyrrole nitrogens is 1. The zero-order valence-corrected chi connectivity index (χ0v) is 9.97. The number of hydrogen-bond donors (Lipinski definition) is 2. The minimum Gasteiger partial charge on any atom is -0.393 e. The van der Waals surface area contributed by atoms with Gasteiger partial charge in [0.2, 0.25) is 0 Å². The van der Waals surface area contributed by atoms with Crippen LogP contribution >= 0.6 is 0 Å². The first-order chi connectivity index (χ1) is 8.09. The van der Waals surface area contributed by atoms with Crippen LogP contribution in [-0.4, -0.2) is 14.8 Å². The van der Waals surface area contributed by atoms with Gasteiger partial charge >= 0.3 is 0 Å². The molecule has 2 heterocycles. The van der Waals surface area contributed by atoms with Crippen molar-refractivity contribution in [3.8, 4) is 5.69 Å². The quantitative estimate of drug-likeness (QED) is 0.838. The number of nitrogens with zero attached hydrogens (tertiary/aromatic N) is 2. The summed E-state index contributed by atoms with van der Waals surface area (Å²) in [6.07, 6.45) is 4.04. The monoisotopic (exact) mass is 232 g/mol. The van der Waals surface area contributed by atoms with E-state index in [1.165, 1.54) is 4.68 Å². The number of hydrogen-bond acceptors (Lipinski definition) is 3. The molecule has 5 heteroatoms. The number of rotatable bonds is 3. The van der Waals surface area contributed by atoms with Gasteiger partial charge in [0.15, 0.2) is 0 Å². The fourth-order valence-electron chi connectivity index (χ4n) is 1.73. The molecule has 0 saturated heterocycles. The maximum Gasteiger partial charge on any atom is 0.294 e. The van der Waals surface area contributed by atoms with Crippen LogP contribution < -0.4 is 11.3 Å². The molecule has 0 unspecified atom stereocenters. The first-order valence-electron chi connectivity index (χ1n) is 5.59. The second kappa shape index (κ2) is 4.45.